The van der Waals surface area contributed by atoms with Crippen molar-refractivity contribution < 1.29 is 4.39 Å². The molecular formula is C13H20FN. The highest BCUT2D eigenvalue weighted by molar-refractivity contribution is 5.48. The fraction of sp³-hybridized carbons (Fsp3) is 0.538. The summed E-state index contributed by atoms with van der Waals surface area (Å²) in [5.41, 5.74) is 3.00. The van der Waals surface area contributed by atoms with E-state index in [-0.39, 0.29) is 6.67 Å². The van der Waals surface area contributed by atoms with Crippen LogP contribution in [-0.4, -0.2) is 6.54 Å². The van der Waals surface area contributed by atoms with Gasteiger partial charge < -0.3 is 5.32 Å². The molecule has 1 nitrogen and oxygen atoms in total. The molecule has 0 aliphatic heterocycles. The van der Waals surface area contributed by atoms with Crippen molar-refractivity contribution in [1.29, 1.82) is 0 Å². The number of aryl methyl sites for hydroxylation is 1. The third-order valence-corrected chi connectivity index (χ3v) is 2.45. The topological polar surface area (TPSA) is 12.0 Å². The summed E-state index contributed by atoms with van der Waals surface area (Å²) in [6, 6.07) is 6.01. The van der Waals surface area contributed by atoms with Crippen LogP contribution in [0.25, 0.3) is 0 Å². The van der Waals surface area contributed by atoms with Crippen molar-refractivity contribution in [3.05, 3.63) is 29.3 Å². The van der Waals surface area contributed by atoms with Crippen LogP contribution in [-0.2, 0) is 13.1 Å². The maximum absolute atomic E-state index is 12.8. The summed E-state index contributed by atoms with van der Waals surface area (Å²) in [6.45, 7) is 4.82. The number of hydrogen-bond donors (Lipinski definition) is 1. The number of anilines is 1. The van der Waals surface area contributed by atoms with Crippen molar-refractivity contribution in [3.63, 3.8) is 0 Å². The van der Waals surface area contributed by atoms with Crippen LogP contribution >= 0.6 is 0 Å². The van der Waals surface area contributed by atoms with E-state index >= 15 is 0 Å². The molecule has 1 aromatic rings. The minimum absolute atomic E-state index is 0.364. The number of rotatable bonds is 6. The first kappa shape index (κ1) is 12.0. The van der Waals surface area contributed by atoms with Crippen molar-refractivity contribution in [2.75, 3.05) is 11.9 Å². The second kappa shape index (κ2) is 6.44. The highest BCUT2D eigenvalue weighted by Crippen LogP contribution is 2.18. The Hall–Kier alpha value is -1.05. The molecule has 0 spiro atoms. The van der Waals surface area contributed by atoms with E-state index in [1.165, 1.54) is 0 Å². The van der Waals surface area contributed by atoms with Crippen LogP contribution in [0.1, 0.15) is 37.8 Å². The normalized spacial score (nSPS) is 10.3. The molecule has 15 heavy (non-hydrogen) atoms. The molecule has 0 saturated heterocycles. The highest BCUT2D eigenvalue weighted by Gasteiger charge is 2.02. The smallest absolute Gasteiger partial charge is 0.115 e. The van der Waals surface area contributed by atoms with Gasteiger partial charge in [-0.25, -0.2) is 4.39 Å². The van der Waals surface area contributed by atoms with Crippen molar-refractivity contribution in [2.45, 2.75) is 39.8 Å². The van der Waals surface area contributed by atoms with Gasteiger partial charge >= 0.3 is 0 Å². The zero-order valence-electron chi connectivity index (χ0n) is 9.65. The van der Waals surface area contributed by atoms with E-state index in [1.807, 2.05) is 18.2 Å². The average Bonchev–Trinajstić information content (AvgIpc) is 2.28. The second-order valence-electron chi connectivity index (χ2n) is 3.79. The first-order valence-corrected chi connectivity index (χ1v) is 5.73. The highest BCUT2D eigenvalue weighted by atomic mass is 19.1. The molecule has 0 aliphatic rings. The SMILES string of the molecule is CCCNc1ccc(CCC)c(CF)c1. The Labute approximate surface area is 91.7 Å². The summed E-state index contributed by atoms with van der Waals surface area (Å²) >= 11 is 0. The van der Waals surface area contributed by atoms with Crippen molar-refractivity contribution in [2.24, 2.45) is 0 Å². The van der Waals surface area contributed by atoms with Gasteiger partial charge in [0.1, 0.15) is 6.67 Å². The molecule has 0 atom stereocenters. The monoisotopic (exact) mass is 209 g/mol. The van der Waals surface area contributed by atoms with Gasteiger partial charge in [-0.15, -0.1) is 0 Å². The largest absolute Gasteiger partial charge is 0.385 e. The van der Waals surface area contributed by atoms with E-state index in [1.54, 1.807) is 0 Å². The standard InChI is InChI=1S/C13H20FN/c1-3-5-11-6-7-13(15-8-4-2)9-12(11)10-14/h6-7,9,15H,3-5,8,10H2,1-2H3. The Morgan fingerprint density at radius 1 is 1.13 bits per heavy atom. The fourth-order valence-corrected chi connectivity index (χ4v) is 1.64. The van der Waals surface area contributed by atoms with E-state index in [2.05, 4.69) is 19.2 Å². The van der Waals surface area contributed by atoms with E-state index in [0.29, 0.717) is 0 Å². The van der Waals surface area contributed by atoms with Gasteiger partial charge in [-0.1, -0.05) is 26.3 Å². The Morgan fingerprint density at radius 3 is 2.53 bits per heavy atom. The first-order chi connectivity index (χ1) is 7.31. The Balaban J connectivity index is 2.77. The summed E-state index contributed by atoms with van der Waals surface area (Å²) < 4.78 is 12.8. The summed E-state index contributed by atoms with van der Waals surface area (Å²) in [4.78, 5) is 0. The molecule has 1 rings (SSSR count). The van der Waals surface area contributed by atoms with E-state index in [0.717, 1.165) is 42.6 Å². The third-order valence-electron chi connectivity index (χ3n) is 2.45. The van der Waals surface area contributed by atoms with E-state index in [4.69, 9.17) is 0 Å². The lowest BCUT2D eigenvalue weighted by molar-refractivity contribution is 0.482. The van der Waals surface area contributed by atoms with Gasteiger partial charge in [0.15, 0.2) is 0 Å². The number of alkyl halides is 1. The molecule has 0 unspecified atom stereocenters. The molecule has 2 heteroatoms. The van der Waals surface area contributed by atoms with E-state index < -0.39 is 0 Å². The number of benzene rings is 1. The maximum atomic E-state index is 12.8. The average molecular weight is 209 g/mol. The van der Waals surface area contributed by atoms with Crippen LogP contribution in [0, 0.1) is 0 Å². The second-order valence-corrected chi connectivity index (χ2v) is 3.79. The van der Waals surface area contributed by atoms with Crippen molar-refractivity contribution >= 4 is 5.69 Å². The quantitative estimate of drug-likeness (QED) is 0.748. The molecule has 1 aromatic carbocycles. The molecule has 0 radical (unpaired) electrons. The van der Waals surface area contributed by atoms with Crippen LogP contribution in [0.15, 0.2) is 18.2 Å². The van der Waals surface area contributed by atoms with Crippen molar-refractivity contribution in [1.82, 2.24) is 0 Å². The molecule has 0 amide bonds. The van der Waals surface area contributed by atoms with Crippen LogP contribution in [0.2, 0.25) is 0 Å². The van der Waals surface area contributed by atoms with Gasteiger partial charge in [0, 0.05) is 12.2 Å². The predicted octanol–water partition coefficient (Wildman–Crippen LogP) is 3.93. The summed E-state index contributed by atoms with van der Waals surface area (Å²) in [5.74, 6) is 0. The summed E-state index contributed by atoms with van der Waals surface area (Å²) in [6.07, 6.45) is 3.11. The molecule has 0 heterocycles. The van der Waals surface area contributed by atoms with Gasteiger partial charge in [-0.2, -0.15) is 0 Å². The minimum atomic E-state index is -0.364. The molecule has 0 fully saturated rings. The zero-order valence-corrected chi connectivity index (χ0v) is 9.65. The van der Waals surface area contributed by atoms with E-state index in [9.17, 15) is 4.39 Å². The number of halogens is 1. The van der Waals surface area contributed by atoms with Gasteiger partial charge in [0.2, 0.25) is 0 Å². The molecule has 0 saturated carbocycles. The number of hydrogen-bond acceptors (Lipinski definition) is 1. The maximum Gasteiger partial charge on any atom is 0.115 e. The van der Waals surface area contributed by atoms with Crippen molar-refractivity contribution in [3.8, 4) is 0 Å². The Bertz CT molecular complexity index is 297. The molecule has 0 aromatic heterocycles. The lowest BCUT2D eigenvalue weighted by Crippen LogP contribution is -2.01. The predicted molar refractivity (Wildman–Crippen MR) is 64.0 cm³/mol. The van der Waals surface area contributed by atoms with Crippen LogP contribution in [0.3, 0.4) is 0 Å². The van der Waals surface area contributed by atoms with Gasteiger partial charge in [0.25, 0.3) is 0 Å². The molecule has 84 valence electrons. The lowest BCUT2D eigenvalue weighted by Gasteiger charge is -2.10. The van der Waals surface area contributed by atoms with Gasteiger partial charge in [-0.3, -0.25) is 0 Å². The van der Waals surface area contributed by atoms with Crippen LogP contribution < -0.4 is 5.32 Å². The van der Waals surface area contributed by atoms with Gasteiger partial charge in [0.05, 0.1) is 0 Å². The molecule has 0 aliphatic carbocycles. The summed E-state index contributed by atoms with van der Waals surface area (Å²) in [5, 5.41) is 3.27. The van der Waals surface area contributed by atoms with Gasteiger partial charge in [-0.05, 0) is 36.1 Å². The van der Waals surface area contributed by atoms with Crippen LogP contribution in [0.5, 0.6) is 0 Å². The Kier molecular flexibility index (Phi) is 5.16. The lowest BCUT2D eigenvalue weighted by atomic mass is 10.0. The first-order valence-electron chi connectivity index (χ1n) is 5.73. The minimum Gasteiger partial charge on any atom is -0.385 e. The third kappa shape index (κ3) is 3.54. The zero-order chi connectivity index (χ0) is 11.1. The molecule has 1 N–H and O–H groups in total. The summed E-state index contributed by atoms with van der Waals surface area (Å²) in [7, 11) is 0. The fourth-order valence-electron chi connectivity index (χ4n) is 1.64. The molecule has 0 bridgehead atoms. The molecular weight excluding hydrogens is 189 g/mol. The van der Waals surface area contributed by atoms with Crippen LogP contribution in [0.4, 0.5) is 10.1 Å². The number of nitrogens with one attached hydrogen (secondary N) is 1. The Morgan fingerprint density at radius 2 is 1.93 bits per heavy atom.